The quantitative estimate of drug-likeness (QED) is 0.341. The average Bonchev–Trinajstić information content (AvgIpc) is 3.24. The van der Waals surface area contributed by atoms with Gasteiger partial charge in [0.25, 0.3) is 0 Å². The minimum absolute atomic E-state index is 0.0681. The maximum Gasteiger partial charge on any atom is 0.319 e. The standard InChI is InChI=1S/C26H28N6O3/c1-15(2)32-13-19(22-24(27)29-14-30-25(22)32)23(33)18-8-9-21(35-4)20(11-18)31-26(34)28-12-17-7-5-6-16(3)10-17/h5-11,13-15H,12H2,1-4H3,(H2,27,29,30)(H2,28,31,34). The lowest BCUT2D eigenvalue weighted by Crippen LogP contribution is -2.28. The number of aromatic nitrogens is 3. The third-order valence-corrected chi connectivity index (χ3v) is 5.69. The maximum absolute atomic E-state index is 13.5. The van der Waals surface area contributed by atoms with Gasteiger partial charge < -0.3 is 25.7 Å². The van der Waals surface area contributed by atoms with E-state index in [0.717, 1.165) is 11.1 Å². The Balaban J connectivity index is 1.61. The van der Waals surface area contributed by atoms with Crippen molar-refractivity contribution in [2.24, 2.45) is 0 Å². The number of hydrogen-bond acceptors (Lipinski definition) is 6. The van der Waals surface area contributed by atoms with Gasteiger partial charge in [-0.25, -0.2) is 14.8 Å². The molecule has 9 nitrogen and oxygen atoms in total. The molecule has 0 atom stereocenters. The molecule has 0 aliphatic carbocycles. The second-order valence-corrected chi connectivity index (χ2v) is 8.54. The lowest BCUT2D eigenvalue weighted by Gasteiger charge is -2.13. The van der Waals surface area contributed by atoms with Crippen LogP contribution in [-0.4, -0.2) is 33.5 Å². The van der Waals surface area contributed by atoms with E-state index in [0.29, 0.717) is 40.1 Å². The summed E-state index contributed by atoms with van der Waals surface area (Å²) in [6, 6.07) is 12.4. The Morgan fingerprint density at radius 3 is 2.66 bits per heavy atom. The number of nitrogens with two attached hydrogens (primary N) is 1. The van der Waals surface area contributed by atoms with E-state index in [1.807, 2.05) is 49.6 Å². The number of anilines is 2. The SMILES string of the molecule is COc1ccc(C(=O)c2cn(C(C)C)c3ncnc(N)c23)cc1NC(=O)NCc1cccc(C)c1. The van der Waals surface area contributed by atoms with Crippen molar-refractivity contribution in [2.75, 3.05) is 18.2 Å². The maximum atomic E-state index is 13.5. The van der Waals surface area contributed by atoms with Gasteiger partial charge in [0, 0.05) is 24.3 Å². The van der Waals surface area contributed by atoms with Gasteiger partial charge in [0.15, 0.2) is 5.78 Å². The largest absolute Gasteiger partial charge is 0.495 e. The number of fused-ring (bicyclic) bond motifs is 1. The molecule has 35 heavy (non-hydrogen) atoms. The van der Waals surface area contributed by atoms with E-state index >= 15 is 0 Å². The summed E-state index contributed by atoms with van der Waals surface area (Å²) >= 11 is 0. The smallest absolute Gasteiger partial charge is 0.319 e. The molecule has 0 spiro atoms. The highest BCUT2D eigenvalue weighted by molar-refractivity contribution is 6.18. The Bertz CT molecular complexity index is 1410. The topological polar surface area (TPSA) is 124 Å². The molecule has 0 aliphatic heterocycles. The minimum atomic E-state index is -0.413. The number of ether oxygens (including phenoxy) is 1. The minimum Gasteiger partial charge on any atom is -0.495 e. The zero-order valence-corrected chi connectivity index (χ0v) is 20.1. The molecule has 4 rings (SSSR count). The zero-order valence-electron chi connectivity index (χ0n) is 20.1. The number of nitrogen functional groups attached to an aromatic ring is 1. The highest BCUT2D eigenvalue weighted by atomic mass is 16.5. The molecular formula is C26H28N6O3. The Hall–Kier alpha value is -4.40. The summed E-state index contributed by atoms with van der Waals surface area (Å²) in [5, 5.41) is 6.12. The summed E-state index contributed by atoms with van der Waals surface area (Å²) in [5.74, 6) is 0.404. The molecule has 4 aromatic rings. The van der Waals surface area contributed by atoms with Crippen LogP contribution in [0.4, 0.5) is 16.3 Å². The summed E-state index contributed by atoms with van der Waals surface area (Å²) in [7, 11) is 1.50. The van der Waals surface area contributed by atoms with Crippen LogP contribution in [0.3, 0.4) is 0 Å². The number of carbonyl (C=O) groups excluding carboxylic acids is 2. The molecule has 4 N–H and O–H groups in total. The van der Waals surface area contributed by atoms with E-state index in [-0.39, 0.29) is 17.6 Å². The number of urea groups is 1. The molecule has 2 aromatic heterocycles. The third kappa shape index (κ3) is 4.93. The lowest BCUT2D eigenvalue weighted by atomic mass is 10.0. The van der Waals surface area contributed by atoms with Crippen molar-refractivity contribution < 1.29 is 14.3 Å². The second-order valence-electron chi connectivity index (χ2n) is 8.54. The molecule has 0 saturated carbocycles. The zero-order chi connectivity index (χ0) is 25.1. The third-order valence-electron chi connectivity index (χ3n) is 5.69. The van der Waals surface area contributed by atoms with Crippen LogP contribution in [0, 0.1) is 6.92 Å². The summed E-state index contributed by atoms with van der Waals surface area (Å²) in [6.45, 7) is 6.35. The molecule has 2 aromatic carbocycles. The van der Waals surface area contributed by atoms with E-state index in [9.17, 15) is 9.59 Å². The molecular weight excluding hydrogens is 444 g/mol. The van der Waals surface area contributed by atoms with Crippen LogP contribution in [0.15, 0.2) is 55.0 Å². The average molecular weight is 473 g/mol. The Kier molecular flexibility index (Phi) is 6.68. The monoisotopic (exact) mass is 472 g/mol. The van der Waals surface area contributed by atoms with Gasteiger partial charge in [-0.1, -0.05) is 29.8 Å². The molecule has 9 heteroatoms. The van der Waals surface area contributed by atoms with E-state index < -0.39 is 6.03 Å². The normalized spacial score (nSPS) is 11.0. The molecule has 0 aliphatic rings. The van der Waals surface area contributed by atoms with E-state index in [2.05, 4.69) is 20.6 Å². The number of carbonyl (C=O) groups is 2. The van der Waals surface area contributed by atoms with Crippen molar-refractivity contribution in [3.63, 3.8) is 0 Å². The predicted molar refractivity (Wildman–Crippen MR) is 136 cm³/mol. The Morgan fingerprint density at radius 1 is 1.14 bits per heavy atom. The van der Waals surface area contributed by atoms with Gasteiger partial charge in [0.1, 0.15) is 23.5 Å². The number of nitrogens with zero attached hydrogens (tertiary/aromatic N) is 3. The van der Waals surface area contributed by atoms with E-state index in [1.165, 1.54) is 13.4 Å². The van der Waals surface area contributed by atoms with E-state index in [1.54, 1.807) is 24.4 Å². The first kappa shape index (κ1) is 23.7. The first-order valence-electron chi connectivity index (χ1n) is 11.2. The van der Waals surface area contributed by atoms with Gasteiger partial charge >= 0.3 is 6.03 Å². The molecule has 2 amide bonds. The van der Waals surface area contributed by atoms with Crippen molar-refractivity contribution in [3.8, 4) is 5.75 Å². The highest BCUT2D eigenvalue weighted by Crippen LogP contribution is 2.31. The van der Waals surface area contributed by atoms with Crippen LogP contribution in [-0.2, 0) is 6.54 Å². The summed E-state index contributed by atoms with van der Waals surface area (Å²) in [5.41, 5.74) is 9.94. The lowest BCUT2D eigenvalue weighted by molar-refractivity contribution is 0.104. The molecule has 0 radical (unpaired) electrons. The molecule has 0 bridgehead atoms. The number of aryl methyl sites for hydroxylation is 1. The fourth-order valence-electron chi connectivity index (χ4n) is 3.95. The molecule has 2 heterocycles. The Labute approximate surface area is 203 Å². The number of nitrogens with one attached hydrogen (secondary N) is 2. The van der Waals surface area contributed by atoms with Gasteiger partial charge in [-0.15, -0.1) is 0 Å². The van der Waals surface area contributed by atoms with Gasteiger partial charge in [0.05, 0.1) is 23.7 Å². The fraction of sp³-hybridized carbons (Fsp3) is 0.231. The van der Waals surface area contributed by atoms with Crippen LogP contribution in [0.2, 0.25) is 0 Å². The Morgan fingerprint density at radius 2 is 1.94 bits per heavy atom. The molecule has 0 unspecified atom stereocenters. The van der Waals surface area contributed by atoms with Gasteiger partial charge in [-0.2, -0.15) is 0 Å². The highest BCUT2D eigenvalue weighted by Gasteiger charge is 2.22. The van der Waals surface area contributed by atoms with Crippen LogP contribution < -0.4 is 21.1 Å². The van der Waals surface area contributed by atoms with Crippen molar-refractivity contribution in [1.82, 2.24) is 19.9 Å². The summed E-state index contributed by atoms with van der Waals surface area (Å²) < 4.78 is 7.28. The van der Waals surface area contributed by atoms with Crippen molar-refractivity contribution in [1.29, 1.82) is 0 Å². The van der Waals surface area contributed by atoms with Crippen molar-refractivity contribution in [2.45, 2.75) is 33.4 Å². The van der Waals surface area contributed by atoms with Gasteiger partial charge in [-0.05, 0) is 44.5 Å². The first-order valence-corrected chi connectivity index (χ1v) is 11.2. The van der Waals surface area contributed by atoms with Gasteiger partial charge in [-0.3, -0.25) is 4.79 Å². The fourth-order valence-corrected chi connectivity index (χ4v) is 3.95. The van der Waals surface area contributed by atoms with Crippen LogP contribution in [0.5, 0.6) is 5.75 Å². The van der Waals surface area contributed by atoms with Crippen LogP contribution in [0.1, 0.15) is 46.9 Å². The van der Waals surface area contributed by atoms with E-state index in [4.69, 9.17) is 10.5 Å². The number of hydrogen-bond donors (Lipinski definition) is 3. The number of amides is 2. The molecule has 0 fully saturated rings. The van der Waals surface area contributed by atoms with Crippen LogP contribution >= 0.6 is 0 Å². The second kappa shape index (κ2) is 9.84. The number of ketones is 1. The summed E-state index contributed by atoms with van der Waals surface area (Å²) in [4.78, 5) is 34.5. The number of benzene rings is 2. The molecule has 180 valence electrons. The van der Waals surface area contributed by atoms with Crippen molar-refractivity contribution >= 4 is 34.4 Å². The number of methoxy groups -OCH3 is 1. The van der Waals surface area contributed by atoms with Gasteiger partial charge in [0.2, 0.25) is 0 Å². The number of rotatable bonds is 7. The van der Waals surface area contributed by atoms with Crippen LogP contribution in [0.25, 0.3) is 11.0 Å². The van der Waals surface area contributed by atoms with Crippen molar-refractivity contribution in [3.05, 3.63) is 77.2 Å². The summed E-state index contributed by atoms with van der Waals surface area (Å²) in [6.07, 6.45) is 3.13. The first-order chi connectivity index (χ1) is 16.8. The molecule has 0 saturated heterocycles. The predicted octanol–water partition coefficient (Wildman–Crippen LogP) is 4.46.